The summed E-state index contributed by atoms with van der Waals surface area (Å²) in [7, 11) is -3.88. The van der Waals surface area contributed by atoms with Gasteiger partial charge in [-0.25, -0.2) is 13.2 Å². The van der Waals surface area contributed by atoms with E-state index in [1.54, 1.807) is 66.9 Å². The van der Waals surface area contributed by atoms with E-state index >= 15 is 0 Å². The van der Waals surface area contributed by atoms with Crippen LogP contribution in [0, 0.1) is 11.8 Å². The molecule has 7 heteroatoms. The van der Waals surface area contributed by atoms with Crippen LogP contribution in [0.4, 0.5) is 5.69 Å². The molecule has 0 amide bonds. The third-order valence-corrected chi connectivity index (χ3v) is 5.96. The fourth-order valence-electron chi connectivity index (χ4n) is 3.03. The molecule has 1 aromatic heterocycles. The summed E-state index contributed by atoms with van der Waals surface area (Å²) in [4.78, 5) is 15.3. The highest BCUT2D eigenvalue weighted by molar-refractivity contribution is 7.93. The molecule has 0 saturated carbocycles. The average molecular weight is 428 g/mol. The maximum Gasteiger partial charge on any atom is 0.335 e. The molecule has 152 valence electrons. The lowest BCUT2D eigenvalue weighted by molar-refractivity contribution is 0.0697. The number of rotatable bonds is 4. The van der Waals surface area contributed by atoms with Gasteiger partial charge in [-0.05, 0) is 60.7 Å². The second-order valence-electron chi connectivity index (χ2n) is 6.61. The minimum Gasteiger partial charge on any atom is -0.478 e. The first kappa shape index (κ1) is 20.1. The minimum atomic E-state index is -3.88. The highest BCUT2D eigenvalue weighted by Gasteiger charge is 2.18. The molecule has 0 spiro atoms. The molecule has 0 aliphatic heterocycles. The molecule has 6 nitrogen and oxygen atoms in total. The van der Waals surface area contributed by atoms with E-state index in [-0.39, 0.29) is 10.5 Å². The van der Waals surface area contributed by atoms with Gasteiger partial charge in [-0.1, -0.05) is 30.0 Å². The SMILES string of the molecule is O=C(O)c1ccc(C#Cc2ccccc2NS(=O)(=O)c2cccc3ncccc23)cc1. The van der Waals surface area contributed by atoms with Gasteiger partial charge >= 0.3 is 5.97 Å². The van der Waals surface area contributed by atoms with Gasteiger partial charge in [0.15, 0.2) is 0 Å². The molecule has 0 bridgehead atoms. The summed E-state index contributed by atoms with van der Waals surface area (Å²) >= 11 is 0. The number of nitrogens with zero attached hydrogens (tertiary/aromatic N) is 1. The van der Waals surface area contributed by atoms with Crippen molar-refractivity contribution < 1.29 is 18.3 Å². The fourth-order valence-corrected chi connectivity index (χ4v) is 4.32. The van der Waals surface area contributed by atoms with Crippen LogP contribution in [0.25, 0.3) is 10.9 Å². The predicted molar refractivity (Wildman–Crippen MR) is 118 cm³/mol. The quantitative estimate of drug-likeness (QED) is 0.477. The van der Waals surface area contributed by atoms with Crippen LogP contribution < -0.4 is 4.72 Å². The van der Waals surface area contributed by atoms with E-state index in [1.165, 1.54) is 18.2 Å². The Morgan fingerprint density at radius 3 is 2.42 bits per heavy atom. The lowest BCUT2D eigenvalue weighted by Crippen LogP contribution is -2.14. The Balaban J connectivity index is 1.67. The van der Waals surface area contributed by atoms with Crippen LogP contribution in [-0.4, -0.2) is 24.5 Å². The lowest BCUT2D eigenvalue weighted by atomic mass is 10.1. The molecule has 31 heavy (non-hydrogen) atoms. The van der Waals surface area contributed by atoms with E-state index in [4.69, 9.17) is 5.11 Å². The van der Waals surface area contributed by atoms with Gasteiger partial charge in [0.2, 0.25) is 0 Å². The first-order valence-electron chi connectivity index (χ1n) is 9.25. The van der Waals surface area contributed by atoms with Gasteiger partial charge in [-0.15, -0.1) is 0 Å². The highest BCUT2D eigenvalue weighted by atomic mass is 32.2. The molecule has 0 unspecified atom stereocenters. The number of fused-ring (bicyclic) bond motifs is 1. The van der Waals surface area contributed by atoms with Crippen molar-refractivity contribution in [3.8, 4) is 11.8 Å². The molecule has 0 saturated heterocycles. The molecular weight excluding hydrogens is 412 g/mol. The number of aromatic nitrogens is 1. The van der Waals surface area contributed by atoms with E-state index in [2.05, 4.69) is 21.5 Å². The van der Waals surface area contributed by atoms with Gasteiger partial charge in [-0.3, -0.25) is 9.71 Å². The van der Waals surface area contributed by atoms with Crippen molar-refractivity contribution in [2.75, 3.05) is 4.72 Å². The number of carboxylic acid groups (broad SMARTS) is 1. The summed E-state index contributed by atoms with van der Waals surface area (Å²) in [5, 5.41) is 9.51. The molecular formula is C24H16N2O4S. The zero-order valence-corrected chi connectivity index (χ0v) is 16.9. The number of sulfonamides is 1. The number of pyridine rings is 1. The van der Waals surface area contributed by atoms with Crippen molar-refractivity contribution >= 4 is 32.6 Å². The first-order valence-corrected chi connectivity index (χ1v) is 10.7. The predicted octanol–water partition coefficient (Wildman–Crippen LogP) is 4.13. The second kappa shape index (κ2) is 8.30. The molecule has 2 N–H and O–H groups in total. The standard InChI is InChI=1S/C24H16N2O4S/c27-24(28)19-14-11-17(12-15-19)10-13-18-5-1-2-7-21(18)26-31(29,30)23-9-3-8-22-20(23)6-4-16-25-22/h1-9,11-12,14-16,26H,(H,27,28). The number of hydrogen-bond donors (Lipinski definition) is 2. The largest absolute Gasteiger partial charge is 0.478 e. The highest BCUT2D eigenvalue weighted by Crippen LogP contribution is 2.25. The van der Waals surface area contributed by atoms with Crippen molar-refractivity contribution in [3.63, 3.8) is 0 Å². The number of para-hydroxylation sites is 1. The first-order chi connectivity index (χ1) is 14.9. The van der Waals surface area contributed by atoms with Gasteiger partial charge < -0.3 is 5.11 Å². The molecule has 4 rings (SSSR count). The Kier molecular flexibility index (Phi) is 5.39. The van der Waals surface area contributed by atoms with Gasteiger partial charge in [0.05, 0.1) is 21.7 Å². The van der Waals surface area contributed by atoms with Gasteiger partial charge in [-0.2, -0.15) is 0 Å². The van der Waals surface area contributed by atoms with Gasteiger partial charge in [0, 0.05) is 22.7 Å². The fraction of sp³-hybridized carbons (Fsp3) is 0. The van der Waals surface area contributed by atoms with Crippen LogP contribution in [0.1, 0.15) is 21.5 Å². The number of aromatic carboxylic acids is 1. The summed E-state index contributed by atoms with van der Waals surface area (Å²) in [5.74, 6) is 4.88. The topological polar surface area (TPSA) is 96.4 Å². The van der Waals surface area contributed by atoms with Crippen molar-refractivity contribution in [1.82, 2.24) is 4.98 Å². The Hall–Kier alpha value is -4.15. The summed E-state index contributed by atoms with van der Waals surface area (Å²) in [6, 6.07) is 21.3. The van der Waals surface area contributed by atoms with Crippen molar-refractivity contribution in [2.24, 2.45) is 0 Å². The minimum absolute atomic E-state index is 0.130. The number of hydrogen-bond acceptors (Lipinski definition) is 4. The third-order valence-electron chi connectivity index (χ3n) is 4.54. The smallest absolute Gasteiger partial charge is 0.335 e. The van der Waals surface area contributed by atoms with Crippen LogP contribution in [0.2, 0.25) is 0 Å². The molecule has 0 atom stereocenters. The maximum absolute atomic E-state index is 13.1. The summed E-state index contributed by atoms with van der Waals surface area (Å²) in [6.45, 7) is 0. The number of nitrogens with one attached hydrogen (secondary N) is 1. The summed E-state index contributed by atoms with van der Waals surface area (Å²) in [5.41, 5.74) is 2.21. The number of benzene rings is 3. The molecule has 1 heterocycles. The maximum atomic E-state index is 13.1. The molecule has 3 aromatic carbocycles. The van der Waals surface area contributed by atoms with E-state index in [1.807, 2.05) is 0 Å². The Morgan fingerprint density at radius 2 is 1.65 bits per heavy atom. The van der Waals surface area contributed by atoms with E-state index in [0.717, 1.165) is 0 Å². The molecule has 0 fully saturated rings. The number of anilines is 1. The molecule has 0 aliphatic rings. The summed E-state index contributed by atoms with van der Waals surface area (Å²) < 4.78 is 28.8. The van der Waals surface area contributed by atoms with Crippen LogP contribution in [0.15, 0.2) is 90.0 Å². The van der Waals surface area contributed by atoms with E-state index in [0.29, 0.717) is 27.7 Å². The normalized spacial score (nSPS) is 10.8. The van der Waals surface area contributed by atoms with Crippen LogP contribution in [0.5, 0.6) is 0 Å². The Morgan fingerprint density at radius 1 is 0.871 bits per heavy atom. The van der Waals surface area contributed by atoms with Crippen molar-refractivity contribution in [3.05, 3.63) is 102 Å². The zero-order chi connectivity index (χ0) is 21.8. The van der Waals surface area contributed by atoms with Gasteiger partial charge in [0.1, 0.15) is 0 Å². The van der Waals surface area contributed by atoms with Crippen LogP contribution >= 0.6 is 0 Å². The Labute approximate surface area is 179 Å². The monoisotopic (exact) mass is 428 g/mol. The number of carboxylic acids is 1. The van der Waals surface area contributed by atoms with Crippen molar-refractivity contribution in [1.29, 1.82) is 0 Å². The van der Waals surface area contributed by atoms with Crippen LogP contribution in [-0.2, 0) is 10.0 Å². The summed E-state index contributed by atoms with van der Waals surface area (Å²) in [6.07, 6.45) is 1.61. The van der Waals surface area contributed by atoms with E-state index in [9.17, 15) is 13.2 Å². The molecule has 0 aliphatic carbocycles. The molecule has 0 radical (unpaired) electrons. The second-order valence-corrected chi connectivity index (χ2v) is 8.26. The Bertz CT molecular complexity index is 1450. The van der Waals surface area contributed by atoms with E-state index < -0.39 is 16.0 Å². The van der Waals surface area contributed by atoms with Crippen LogP contribution in [0.3, 0.4) is 0 Å². The van der Waals surface area contributed by atoms with Gasteiger partial charge in [0.25, 0.3) is 10.0 Å². The van der Waals surface area contributed by atoms with Crippen molar-refractivity contribution in [2.45, 2.75) is 4.90 Å². The number of carbonyl (C=O) groups is 1. The average Bonchev–Trinajstić information content (AvgIpc) is 2.78. The zero-order valence-electron chi connectivity index (χ0n) is 16.1. The molecule has 4 aromatic rings. The third kappa shape index (κ3) is 4.39. The lowest BCUT2D eigenvalue weighted by Gasteiger charge is -2.11.